The molecular weight excluding hydrogens is 505 g/mol. The van der Waals surface area contributed by atoms with Crippen molar-refractivity contribution in [3.8, 4) is 0 Å². The molecule has 0 aromatic heterocycles. The maximum absolute atomic E-state index is 13.8. The molecule has 11 heteroatoms. The van der Waals surface area contributed by atoms with Gasteiger partial charge in [0.05, 0.1) is 34.6 Å². The third kappa shape index (κ3) is 6.58. The molecular formula is C24H36Cl2F2N2O5. The molecule has 5 aliphatic carbocycles. The molecule has 0 heterocycles. The van der Waals surface area contributed by atoms with E-state index in [0.717, 1.165) is 0 Å². The normalized spacial score (nSPS) is 43.5. The first-order chi connectivity index (χ1) is 16.6. The molecule has 5 fully saturated rings. The standard InChI is InChI=1S/C24H36Cl2F2N2O5/c25-16-3-1-15(10-19(16)28)35-12-21(32)29-23-5-7-24(8-6-23,20(31)11-23)30-22(33)13-34-14-2-4-18(27)17(26)9-14/h14-20,31H,1-13H2,(H,29,32)(H,30,33)/t14?,15?,16?,17?,18?,19?,20-,23?,24?/m0/s1. The number of hydrogen-bond donors (Lipinski definition) is 3. The van der Waals surface area contributed by atoms with E-state index in [0.29, 0.717) is 64.2 Å². The van der Waals surface area contributed by atoms with E-state index in [1.165, 1.54) is 0 Å². The fraction of sp³-hybridized carbons (Fsp3) is 0.917. The van der Waals surface area contributed by atoms with Crippen LogP contribution < -0.4 is 10.6 Å². The Labute approximate surface area is 214 Å². The van der Waals surface area contributed by atoms with Gasteiger partial charge in [0, 0.05) is 12.0 Å². The third-order valence-corrected chi connectivity index (χ3v) is 9.25. The van der Waals surface area contributed by atoms with Gasteiger partial charge in [-0.05, 0) is 64.2 Å². The van der Waals surface area contributed by atoms with Gasteiger partial charge in [0.1, 0.15) is 25.6 Å². The Kier molecular flexibility index (Phi) is 8.84. The van der Waals surface area contributed by atoms with Crippen molar-refractivity contribution in [1.29, 1.82) is 0 Å². The van der Waals surface area contributed by atoms with Gasteiger partial charge in [0.2, 0.25) is 11.8 Å². The van der Waals surface area contributed by atoms with Gasteiger partial charge >= 0.3 is 0 Å². The first-order valence-corrected chi connectivity index (χ1v) is 13.6. The number of ether oxygens (including phenoxy) is 2. The lowest BCUT2D eigenvalue weighted by Gasteiger charge is -2.56. The molecule has 6 unspecified atom stereocenters. The van der Waals surface area contributed by atoms with E-state index in [-0.39, 0.29) is 43.7 Å². The van der Waals surface area contributed by atoms with Crippen molar-refractivity contribution in [3.63, 3.8) is 0 Å². The lowest BCUT2D eigenvalue weighted by Crippen LogP contribution is -2.70. The zero-order valence-electron chi connectivity index (χ0n) is 19.8. The fourth-order valence-corrected chi connectivity index (χ4v) is 6.64. The van der Waals surface area contributed by atoms with Gasteiger partial charge in [-0.3, -0.25) is 9.59 Å². The van der Waals surface area contributed by atoms with Crippen LogP contribution in [0.1, 0.15) is 70.6 Å². The molecule has 0 spiro atoms. The van der Waals surface area contributed by atoms with Crippen molar-refractivity contribution in [2.24, 2.45) is 0 Å². The summed E-state index contributed by atoms with van der Waals surface area (Å²) in [6.07, 6.45) is 1.66. The highest BCUT2D eigenvalue weighted by molar-refractivity contribution is 6.21. The number of aliphatic hydroxyl groups excluding tert-OH is 1. The van der Waals surface area contributed by atoms with Crippen molar-refractivity contribution in [2.75, 3.05) is 13.2 Å². The number of halogens is 4. The highest BCUT2D eigenvalue weighted by Gasteiger charge is 2.55. The number of fused-ring (bicyclic) bond motifs is 3. The molecule has 7 nitrogen and oxygen atoms in total. The van der Waals surface area contributed by atoms with Crippen LogP contribution in [0.4, 0.5) is 8.78 Å². The lowest BCUT2D eigenvalue weighted by atomic mass is 9.60. The molecule has 35 heavy (non-hydrogen) atoms. The number of carbonyl (C=O) groups is 2. The van der Waals surface area contributed by atoms with Gasteiger partial charge in [0.15, 0.2) is 0 Å². The molecule has 0 aromatic carbocycles. The van der Waals surface area contributed by atoms with Crippen LogP contribution in [0.25, 0.3) is 0 Å². The number of carbonyl (C=O) groups excluding carboxylic acids is 2. The van der Waals surface area contributed by atoms with Gasteiger partial charge in [-0.1, -0.05) is 0 Å². The number of hydrogen-bond acceptors (Lipinski definition) is 5. The van der Waals surface area contributed by atoms with Crippen LogP contribution >= 0.6 is 23.2 Å². The molecule has 2 bridgehead atoms. The molecule has 0 saturated heterocycles. The van der Waals surface area contributed by atoms with Crippen molar-refractivity contribution in [3.05, 3.63) is 0 Å². The first-order valence-electron chi connectivity index (χ1n) is 12.7. The van der Waals surface area contributed by atoms with Crippen LogP contribution in [0.3, 0.4) is 0 Å². The Morgan fingerprint density at radius 3 is 2.03 bits per heavy atom. The highest BCUT2D eigenvalue weighted by atomic mass is 35.5. The summed E-state index contributed by atoms with van der Waals surface area (Å²) >= 11 is 11.9. The second kappa shape index (κ2) is 11.3. The van der Waals surface area contributed by atoms with E-state index in [1.54, 1.807) is 0 Å². The zero-order valence-corrected chi connectivity index (χ0v) is 21.3. The molecule has 5 rings (SSSR count). The highest BCUT2D eigenvalue weighted by Crippen LogP contribution is 2.47. The maximum atomic E-state index is 13.8. The smallest absolute Gasteiger partial charge is 0.246 e. The first kappa shape index (κ1) is 27.3. The summed E-state index contributed by atoms with van der Waals surface area (Å²) in [7, 11) is 0. The van der Waals surface area contributed by atoms with Crippen LogP contribution in [0.5, 0.6) is 0 Å². The summed E-state index contributed by atoms with van der Waals surface area (Å²) in [4.78, 5) is 25.2. The fourth-order valence-electron chi connectivity index (χ4n) is 6.08. The second-order valence-electron chi connectivity index (χ2n) is 10.8. The predicted octanol–water partition coefficient (Wildman–Crippen LogP) is 3.06. The third-order valence-electron chi connectivity index (χ3n) is 8.30. The van der Waals surface area contributed by atoms with Gasteiger partial charge in [-0.25, -0.2) is 8.78 Å². The average molecular weight is 541 g/mol. The van der Waals surface area contributed by atoms with Crippen molar-refractivity contribution in [1.82, 2.24) is 10.6 Å². The van der Waals surface area contributed by atoms with Gasteiger partial charge in [-0.2, -0.15) is 0 Å². The van der Waals surface area contributed by atoms with E-state index >= 15 is 0 Å². The molecule has 0 radical (unpaired) electrons. The summed E-state index contributed by atoms with van der Waals surface area (Å²) in [5, 5.41) is 15.8. The lowest BCUT2D eigenvalue weighted by molar-refractivity contribution is -0.142. The topological polar surface area (TPSA) is 96.9 Å². The van der Waals surface area contributed by atoms with Crippen LogP contribution in [0, 0.1) is 0 Å². The van der Waals surface area contributed by atoms with Gasteiger partial charge in [-0.15, -0.1) is 23.2 Å². The molecule has 5 aliphatic rings. The van der Waals surface area contributed by atoms with Crippen LogP contribution in [-0.2, 0) is 19.1 Å². The van der Waals surface area contributed by atoms with E-state index in [1.807, 2.05) is 0 Å². The Morgan fingerprint density at radius 1 is 0.829 bits per heavy atom. The monoisotopic (exact) mass is 540 g/mol. The average Bonchev–Trinajstić information content (AvgIpc) is 2.82. The van der Waals surface area contributed by atoms with Crippen LogP contribution in [0.2, 0.25) is 0 Å². The van der Waals surface area contributed by atoms with Gasteiger partial charge in [0.25, 0.3) is 0 Å². The minimum absolute atomic E-state index is 0.158. The van der Waals surface area contributed by atoms with E-state index < -0.39 is 40.3 Å². The Balaban J connectivity index is 1.20. The molecule has 5 saturated carbocycles. The van der Waals surface area contributed by atoms with Crippen molar-refractivity contribution >= 4 is 35.0 Å². The number of alkyl halides is 4. The molecule has 200 valence electrons. The number of rotatable bonds is 8. The Morgan fingerprint density at radius 2 is 1.43 bits per heavy atom. The molecule has 3 N–H and O–H groups in total. The second-order valence-corrected chi connectivity index (χ2v) is 11.9. The minimum Gasteiger partial charge on any atom is -0.391 e. The number of aliphatic hydroxyl groups is 1. The van der Waals surface area contributed by atoms with Crippen LogP contribution in [-0.4, -0.2) is 82.6 Å². The van der Waals surface area contributed by atoms with Gasteiger partial charge < -0.3 is 25.2 Å². The summed E-state index contributed by atoms with van der Waals surface area (Å²) in [6, 6.07) is 0. The molecule has 0 aliphatic heterocycles. The van der Waals surface area contributed by atoms with Crippen molar-refractivity contribution in [2.45, 2.75) is 123 Å². The minimum atomic E-state index is -1.12. The largest absolute Gasteiger partial charge is 0.391 e. The van der Waals surface area contributed by atoms with Crippen LogP contribution in [0.15, 0.2) is 0 Å². The quantitative estimate of drug-likeness (QED) is 0.411. The summed E-state index contributed by atoms with van der Waals surface area (Å²) in [5.74, 6) is -0.602. The predicted molar refractivity (Wildman–Crippen MR) is 127 cm³/mol. The van der Waals surface area contributed by atoms with E-state index in [9.17, 15) is 23.5 Å². The molecule has 7 atom stereocenters. The molecule has 0 aromatic rings. The Hall–Kier alpha value is -0.740. The summed E-state index contributed by atoms with van der Waals surface area (Å²) in [6.45, 7) is -0.320. The molecule has 2 amide bonds. The van der Waals surface area contributed by atoms with E-state index in [2.05, 4.69) is 10.6 Å². The number of nitrogens with one attached hydrogen (secondary N) is 2. The van der Waals surface area contributed by atoms with Crippen molar-refractivity contribution < 1.29 is 33.0 Å². The Bertz CT molecular complexity index is 770. The number of amides is 2. The maximum Gasteiger partial charge on any atom is 0.246 e. The summed E-state index contributed by atoms with van der Waals surface area (Å²) < 4.78 is 38.6. The SMILES string of the molecule is O=C(COC1CCC(Cl)C(F)C1)NC12CCC(NC(=O)COC3CCC(F)C(Cl)C3)(CC1)[C@@H](O)C2. The van der Waals surface area contributed by atoms with E-state index in [4.69, 9.17) is 32.7 Å². The summed E-state index contributed by atoms with van der Waals surface area (Å²) in [5.41, 5.74) is -1.29. The zero-order chi connectivity index (χ0) is 25.2.